The zero-order valence-electron chi connectivity index (χ0n) is 31.4. The molecule has 0 fully saturated rings. The van der Waals surface area contributed by atoms with Gasteiger partial charge in [0.2, 0.25) is 0 Å². The molecule has 0 saturated heterocycles. The van der Waals surface area contributed by atoms with Crippen LogP contribution in [0.25, 0.3) is 111 Å². The average molecular weight is 739 g/mol. The molecule has 11 aromatic rings. The van der Waals surface area contributed by atoms with Gasteiger partial charge in [-0.3, -0.25) is 0 Å². The maximum Gasteiger partial charge on any atom is 0.160 e. The molecule has 0 bridgehead atoms. The number of hydrogen-bond acceptors (Lipinski definition) is 4. The molecule has 3 heterocycles. The highest BCUT2D eigenvalue weighted by Gasteiger charge is 2.16. The smallest absolute Gasteiger partial charge is 0.160 e. The van der Waals surface area contributed by atoms with Gasteiger partial charge in [-0.25, -0.2) is 19.9 Å². The Kier molecular flexibility index (Phi) is 8.11. The highest BCUT2D eigenvalue weighted by atomic mass is 14.9. The molecule has 0 N–H and O–H groups in total. The second kappa shape index (κ2) is 14.0. The van der Waals surface area contributed by atoms with Crippen LogP contribution in [-0.2, 0) is 0 Å². The lowest BCUT2D eigenvalue weighted by molar-refractivity contribution is 1.18. The third-order valence-corrected chi connectivity index (χ3v) is 11.0. The van der Waals surface area contributed by atoms with E-state index < -0.39 is 0 Å². The molecule has 11 rings (SSSR count). The molecule has 0 aliphatic heterocycles. The molecule has 0 radical (unpaired) electrons. The fourth-order valence-electron chi connectivity index (χ4n) is 7.94. The van der Waals surface area contributed by atoms with E-state index >= 15 is 0 Å². The summed E-state index contributed by atoms with van der Waals surface area (Å²) in [5.41, 5.74) is 12.6. The van der Waals surface area contributed by atoms with Gasteiger partial charge in [0.05, 0.1) is 33.8 Å². The minimum absolute atomic E-state index is 0.665. The first-order valence-electron chi connectivity index (χ1n) is 19.5. The molecule has 0 aliphatic carbocycles. The number of pyridine rings is 2. The van der Waals surface area contributed by atoms with Crippen LogP contribution in [0.4, 0.5) is 0 Å². The Morgan fingerprint density at radius 3 is 1.12 bits per heavy atom. The molecule has 0 atom stereocenters. The van der Waals surface area contributed by atoms with Gasteiger partial charge in [0, 0.05) is 38.6 Å². The van der Waals surface area contributed by atoms with E-state index in [-0.39, 0.29) is 0 Å². The summed E-state index contributed by atoms with van der Waals surface area (Å²) in [6.07, 6.45) is 0. The van der Waals surface area contributed by atoms with Gasteiger partial charge in [-0.15, -0.1) is 0 Å². The highest BCUT2D eigenvalue weighted by molar-refractivity contribution is 5.99. The van der Waals surface area contributed by atoms with Gasteiger partial charge in [-0.1, -0.05) is 146 Å². The van der Waals surface area contributed by atoms with Crippen LogP contribution in [0.5, 0.6) is 0 Å². The van der Waals surface area contributed by atoms with Gasteiger partial charge < -0.3 is 0 Å². The van der Waals surface area contributed by atoms with Crippen LogP contribution in [0, 0.1) is 0 Å². The van der Waals surface area contributed by atoms with Crippen LogP contribution < -0.4 is 0 Å². The van der Waals surface area contributed by atoms with Gasteiger partial charge in [-0.2, -0.15) is 0 Å². The van der Waals surface area contributed by atoms with Gasteiger partial charge in [0.25, 0.3) is 0 Å². The predicted octanol–water partition coefficient (Wildman–Crippen LogP) is 13.9. The largest absolute Gasteiger partial charge is 0.248 e. The fraction of sp³-hybridized carbons (Fsp3) is 0. The Balaban J connectivity index is 1.10. The normalized spacial score (nSPS) is 11.4. The maximum absolute atomic E-state index is 5.26. The number of nitrogens with zero attached hydrogens (tertiary/aromatic N) is 4. The van der Waals surface area contributed by atoms with Crippen molar-refractivity contribution < 1.29 is 0 Å². The average Bonchev–Trinajstić information content (AvgIpc) is 3.30. The molecule has 4 heteroatoms. The minimum Gasteiger partial charge on any atom is -0.248 e. The zero-order valence-corrected chi connectivity index (χ0v) is 31.4. The van der Waals surface area contributed by atoms with E-state index in [1.54, 1.807) is 0 Å². The third-order valence-electron chi connectivity index (χ3n) is 11.0. The van der Waals surface area contributed by atoms with Gasteiger partial charge >= 0.3 is 0 Å². The third kappa shape index (κ3) is 6.33. The molecule has 0 unspecified atom stereocenters. The van der Waals surface area contributed by atoms with Crippen molar-refractivity contribution in [2.24, 2.45) is 0 Å². The van der Waals surface area contributed by atoms with Crippen molar-refractivity contribution in [2.75, 3.05) is 0 Å². The van der Waals surface area contributed by atoms with Gasteiger partial charge in [0.1, 0.15) is 0 Å². The number of rotatable bonds is 6. The minimum atomic E-state index is 0.665. The van der Waals surface area contributed by atoms with Gasteiger partial charge in [0.15, 0.2) is 5.82 Å². The monoisotopic (exact) mass is 738 g/mol. The number of fused-ring (bicyclic) bond motifs is 4. The second-order valence-corrected chi connectivity index (χ2v) is 14.7. The fourth-order valence-corrected chi connectivity index (χ4v) is 7.94. The first kappa shape index (κ1) is 33.5. The van der Waals surface area contributed by atoms with Crippen molar-refractivity contribution >= 4 is 43.4 Å². The SMILES string of the molecule is c1ccc(-c2ccc(-c3cc(-c4cc(-c5ccc6cc7ccccc7cc6n5)cc(-c5ccc6cc7ccccc7cc6n5)c4)nc(-c4ccccc4)n3)cc2)cc1. The molecule has 8 aromatic carbocycles. The lowest BCUT2D eigenvalue weighted by Gasteiger charge is -2.14. The van der Waals surface area contributed by atoms with E-state index in [9.17, 15) is 0 Å². The maximum atomic E-state index is 5.26. The second-order valence-electron chi connectivity index (χ2n) is 14.7. The summed E-state index contributed by atoms with van der Waals surface area (Å²) in [5.74, 6) is 0.665. The molecular weight excluding hydrogens is 705 g/mol. The summed E-state index contributed by atoms with van der Waals surface area (Å²) in [4.78, 5) is 20.9. The van der Waals surface area contributed by atoms with Crippen molar-refractivity contribution in [3.05, 3.63) is 206 Å². The van der Waals surface area contributed by atoms with Crippen molar-refractivity contribution in [1.82, 2.24) is 19.9 Å². The molecular formula is C54H34N4. The zero-order chi connectivity index (χ0) is 38.4. The molecule has 0 saturated carbocycles. The van der Waals surface area contributed by atoms with E-state index in [0.717, 1.165) is 78.0 Å². The van der Waals surface area contributed by atoms with Crippen LogP contribution in [0.1, 0.15) is 0 Å². The van der Waals surface area contributed by atoms with Crippen LogP contribution in [0.3, 0.4) is 0 Å². The Hall–Kier alpha value is -7.82. The molecule has 0 aliphatic rings. The van der Waals surface area contributed by atoms with Crippen LogP contribution in [-0.4, -0.2) is 19.9 Å². The lowest BCUT2D eigenvalue weighted by atomic mass is 9.97. The summed E-state index contributed by atoms with van der Waals surface area (Å²) >= 11 is 0. The van der Waals surface area contributed by atoms with Crippen LogP contribution >= 0.6 is 0 Å². The quantitative estimate of drug-likeness (QED) is 0.159. The van der Waals surface area contributed by atoms with E-state index in [2.05, 4.69) is 182 Å². The van der Waals surface area contributed by atoms with Crippen molar-refractivity contribution in [3.63, 3.8) is 0 Å². The Morgan fingerprint density at radius 1 is 0.207 bits per heavy atom. The highest BCUT2D eigenvalue weighted by Crippen LogP contribution is 2.36. The Labute approximate surface area is 335 Å². The Morgan fingerprint density at radius 2 is 0.603 bits per heavy atom. The van der Waals surface area contributed by atoms with Crippen molar-refractivity contribution in [2.45, 2.75) is 0 Å². The summed E-state index contributed by atoms with van der Waals surface area (Å²) in [5, 5.41) is 6.95. The molecule has 0 amide bonds. The summed E-state index contributed by atoms with van der Waals surface area (Å²) in [7, 11) is 0. The summed E-state index contributed by atoms with van der Waals surface area (Å²) in [6, 6.07) is 72.2. The Bertz CT molecular complexity index is 3190. The first-order chi connectivity index (χ1) is 28.7. The molecule has 3 aromatic heterocycles. The van der Waals surface area contributed by atoms with E-state index in [0.29, 0.717) is 5.82 Å². The number of benzene rings is 8. The topological polar surface area (TPSA) is 51.6 Å². The number of hydrogen-bond donors (Lipinski definition) is 0. The van der Waals surface area contributed by atoms with E-state index in [1.165, 1.54) is 27.1 Å². The number of aromatic nitrogens is 4. The van der Waals surface area contributed by atoms with Gasteiger partial charge in [-0.05, 0) is 93.3 Å². The van der Waals surface area contributed by atoms with Crippen LogP contribution in [0.2, 0.25) is 0 Å². The molecule has 270 valence electrons. The first-order valence-corrected chi connectivity index (χ1v) is 19.5. The van der Waals surface area contributed by atoms with E-state index in [4.69, 9.17) is 19.9 Å². The molecule has 4 nitrogen and oxygen atoms in total. The standard InChI is InChI=1S/C54H34N4/c1-3-11-35(12-4-1)36-19-21-37(22-20-36)52-34-53(58-54(57-52)38-13-5-2-6-14-38)47-30-45(48-25-23-43-27-39-15-7-9-17-41(39)32-50(43)55-48)29-46(31-47)49-26-24-44-28-40-16-8-10-18-42(40)33-51(44)56-49/h1-34H. The summed E-state index contributed by atoms with van der Waals surface area (Å²) < 4.78 is 0. The lowest BCUT2D eigenvalue weighted by Crippen LogP contribution is -1.97. The molecule has 0 spiro atoms. The van der Waals surface area contributed by atoms with Crippen LogP contribution in [0.15, 0.2) is 206 Å². The van der Waals surface area contributed by atoms with E-state index in [1.807, 2.05) is 24.3 Å². The predicted molar refractivity (Wildman–Crippen MR) is 240 cm³/mol. The summed E-state index contributed by atoms with van der Waals surface area (Å²) in [6.45, 7) is 0. The van der Waals surface area contributed by atoms with Crippen molar-refractivity contribution in [1.29, 1.82) is 0 Å². The van der Waals surface area contributed by atoms with Crippen molar-refractivity contribution in [3.8, 4) is 67.5 Å². The molecule has 58 heavy (non-hydrogen) atoms.